The van der Waals surface area contributed by atoms with Gasteiger partial charge < -0.3 is 0 Å². The van der Waals surface area contributed by atoms with Crippen molar-refractivity contribution in [2.24, 2.45) is 0 Å². The molecule has 0 aliphatic heterocycles. The third-order valence-corrected chi connectivity index (χ3v) is 3.03. The van der Waals surface area contributed by atoms with E-state index < -0.39 is 0 Å². The van der Waals surface area contributed by atoms with Crippen LogP contribution >= 0.6 is 0 Å². The summed E-state index contributed by atoms with van der Waals surface area (Å²) in [5.41, 5.74) is 0.0132. The third-order valence-electron chi connectivity index (χ3n) is 3.03. The molecule has 1 aliphatic rings. The van der Waals surface area contributed by atoms with Crippen molar-refractivity contribution < 1.29 is 0 Å². The molecule has 0 aromatic carbocycles. The van der Waals surface area contributed by atoms with Crippen LogP contribution in [0, 0.1) is 6.92 Å². The van der Waals surface area contributed by atoms with Gasteiger partial charge in [-0.1, -0.05) is 18.9 Å². The summed E-state index contributed by atoms with van der Waals surface area (Å²) in [6.45, 7) is 6.03. The van der Waals surface area contributed by atoms with Crippen molar-refractivity contribution >= 4 is 0 Å². The quantitative estimate of drug-likeness (QED) is 0.707. The molecular weight excluding hydrogens is 190 g/mol. The van der Waals surface area contributed by atoms with Crippen LogP contribution in [0.5, 0.6) is 0 Å². The van der Waals surface area contributed by atoms with Crippen LogP contribution in [0.25, 0.3) is 0 Å². The summed E-state index contributed by atoms with van der Waals surface area (Å²) < 4.78 is 3.33. The molecule has 1 aromatic heterocycles. The van der Waals surface area contributed by atoms with Gasteiger partial charge in [-0.05, 0) is 19.8 Å². The largest absolute Gasteiger partial charge is 0.346 e. The van der Waals surface area contributed by atoms with Crippen LogP contribution in [-0.2, 0) is 6.54 Å². The molecule has 1 saturated carbocycles. The Kier molecular flexibility index (Phi) is 2.75. The van der Waals surface area contributed by atoms with E-state index in [-0.39, 0.29) is 5.69 Å². The predicted molar refractivity (Wildman–Crippen MR) is 58.9 cm³/mol. The molecule has 82 valence electrons. The third kappa shape index (κ3) is 1.76. The molecule has 0 spiro atoms. The number of allylic oxidation sites excluding steroid dienone is 1. The van der Waals surface area contributed by atoms with E-state index in [1.165, 1.54) is 17.5 Å². The molecule has 0 radical (unpaired) electrons. The number of nitrogens with zero attached hydrogens (tertiary/aromatic N) is 3. The normalized spacial score (nSPS) is 17.1. The molecule has 1 aromatic rings. The molecule has 1 aliphatic carbocycles. The van der Waals surface area contributed by atoms with Crippen LogP contribution < -0.4 is 5.69 Å². The minimum atomic E-state index is 0.0132. The highest BCUT2D eigenvalue weighted by Gasteiger charge is 2.22. The van der Waals surface area contributed by atoms with Gasteiger partial charge >= 0.3 is 5.69 Å². The van der Waals surface area contributed by atoms with Gasteiger partial charge in [0, 0.05) is 6.04 Å². The van der Waals surface area contributed by atoms with E-state index in [0.717, 1.165) is 18.7 Å². The zero-order valence-electron chi connectivity index (χ0n) is 9.15. The summed E-state index contributed by atoms with van der Waals surface area (Å²) in [5, 5.41) is 4.24. The van der Waals surface area contributed by atoms with E-state index in [9.17, 15) is 4.79 Å². The van der Waals surface area contributed by atoms with Gasteiger partial charge in [-0.2, -0.15) is 5.10 Å². The average Bonchev–Trinajstić information content (AvgIpc) is 2.77. The second-order valence-electron chi connectivity index (χ2n) is 4.11. The number of rotatable bonds is 3. The Morgan fingerprint density at radius 3 is 2.80 bits per heavy atom. The SMILES string of the molecule is C=CCn1nc(C)n(C2CCCC2)c1=O. The fourth-order valence-electron chi connectivity index (χ4n) is 2.35. The maximum Gasteiger partial charge on any atom is 0.346 e. The Morgan fingerprint density at radius 1 is 1.53 bits per heavy atom. The standard InChI is InChI=1S/C11H17N3O/c1-3-8-13-11(15)14(9(2)12-13)10-6-4-5-7-10/h3,10H,1,4-8H2,2H3. The minimum Gasteiger partial charge on any atom is -0.276 e. The van der Waals surface area contributed by atoms with Gasteiger partial charge in [-0.3, -0.25) is 4.57 Å². The summed E-state index contributed by atoms with van der Waals surface area (Å²) in [7, 11) is 0. The van der Waals surface area contributed by atoms with Gasteiger partial charge in [-0.15, -0.1) is 6.58 Å². The second-order valence-corrected chi connectivity index (χ2v) is 4.11. The van der Waals surface area contributed by atoms with Crippen LogP contribution in [0.15, 0.2) is 17.4 Å². The van der Waals surface area contributed by atoms with Crippen molar-refractivity contribution in [3.05, 3.63) is 29.0 Å². The summed E-state index contributed by atoms with van der Waals surface area (Å²) in [4.78, 5) is 12.0. The van der Waals surface area contributed by atoms with Crippen molar-refractivity contribution in [2.45, 2.75) is 45.2 Å². The molecule has 0 N–H and O–H groups in total. The Hall–Kier alpha value is -1.32. The fraction of sp³-hybridized carbons (Fsp3) is 0.636. The van der Waals surface area contributed by atoms with Gasteiger partial charge in [0.05, 0.1) is 6.54 Å². The maximum absolute atomic E-state index is 12.0. The van der Waals surface area contributed by atoms with Gasteiger partial charge in [0.15, 0.2) is 0 Å². The first-order valence-electron chi connectivity index (χ1n) is 5.51. The van der Waals surface area contributed by atoms with Gasteiger partial charge in [0.2, 0.25) is 0 Å². The fourth-order valence-corrected chi connectivity index (χ4v) is 2.35. The number of hydrogen-bond donors (Lipinski definition) is 0. The molecule has 1 fully saturated rings. The number of hydrogen-bond acceptors (Lipinski definition) is 2. The molecular formula is C11H17N3O. The lowest BCUT2D eigenvalue weighted by Crippen LogP contribution is -2.27. The van der Waals surface area contributed by atoms with E-state index in [1.54, 1.807) is 6.08 Å². The van der Waals surface area contributed by atoms with Gasteiger partial charge in [0.1, 0.15) is 5.82 Å². The van der Waals surface area contributed by atoms with Gasteiger partial charge in [0.25, 0.3) is 0 Å². The molecule has 0 amide bonds. The molecule has 0 saturated heterocycles. The first kappa shape index (κ1) is 10.2. The van der Waals surface area contributed by atoms with Crippen molar-refractivity contribution in [2.75, 3.05) is 0 Å². The van der Waals surface area contributed by atoms with Crippen LogP contribution in [0.4, 0.5) is 0 Å². The minimum absolute atomic E-state index is 0.0132. The first-order valence-corrected chi connectivity index (χ1v) is 5.51. The summed E-state index contributed by atoms with van der Waals surface area (Å²) in [6.07, 6.45) is 6.38. The summed E-state index contributed by atoms with van der Waals surface area (Å²) in [6, 6.07) is 0.371. The average molecular weight is 207 g/mol. The molecule has 0 atom stereocenters. The van der Waals surface area contributed by atoms with E-state index in [1.807, 2.05) is 11.5 Å². The Labute approximate surface area is 89.2 Å². The lowest BCUT2D eigenvalue weighted by atomic mass is 10.2. The highest BCUT2D eigenvalue weighted by molar-refractivity contribution is 4.91. The second kappa shape index (κ2) is 4.04. The zero-order chi connectivity index (χ0) is 10.8. The lowest BCUT2D eigenvalue weighted by Gasteiger charge is -2.09. The molecule has 0 bridgehead atoms. The van der Waals surface area contributed by atoms with Crippen LogP contribution in [-0.4, -0.2) is 14.3 Å². The predicted octanol–water partition coefficient (Wildman–Crippen LogP) is 1.65. The first-order chi connectivity index (χ1) is 7.24. The molecule has 4 heteroatoms. The highest BCUT2D eigenvalue weighted by atomic mass is 16.2. The van der Waals surface area contributed by atoms with Crippen LogP contribution in [0.2, 0.25) is 0 Å². The Balaban J connectivity index is 2.37. The Bertz CT molecular complexity index is 410. The lowest BCUT2D eigenvalue weighted by molar-refractivity contribution is 0.485. The Morgan fingerprint density at radius 2 is 2.20 bits per heavy atom. The van der Waals surface area contributed by atoms with Crippen molar-refractivity contribution in [3.8, 4) is 0 Å². The van der Waals surface area contributed by atoms with Crippen molar-refractivity contribution in [1.82, 2.24) is 14.3 Å². The summed E-state index contributed by atoms with van der Waals surface area (Å²) >= 11 is 0. The molecule has 15 heavy (non-hydrogen) atoms. The monoisotopic (exact) mass is 207 g/mol. The summed E-state index contributed by atoms with van der Waals surface area (Å²) in [5.74, 6) is 0.828. The number of aryl methyl sites for hydroxylation is 1. The van der Waals surface area contributed by atoms with Crippen molar-refractivity contribution in [3.63, 3.8) is 0 Å². The smallest absolute Gasteiger partial charge is 0.276 e. The maximum atomic E-state index is 12.0. The van der Waals surface area contributed by atoms with Crippen molar-refractivity contribution in [1.29, 1.82) is 0 Å². The number of aromatic nitrogens is 3. The van der Waals surface area contributed by atoms with E-state index in [2.05, 4.69) is 11.7 Å². The molecule has 4 nitrogen and oxygen atoms in total. The highest BCUT2D eigenvalue weighted by Crippen LogP contribution is 2.28. The van der Waals surface area contributed by atoms with E-state index in [4.69, 9.17) is 0 Å². The van der Waals surface area contributed by atoms with Crippen LogP contribution in [0.3, 0.4) is 0 Å². The zero-order valence-corrected chi connectivity index (χ0v) is 9.15. The van der Waals surface area contributed by atoms with Crippen LogP contribution in [0.1, 0.15) is 37.5 Å². The topological polar surface area (TPSA) is 39.8 Å². The molecule has 0 unspecified atom stereocenters. The van der Waals surface area contributed by atoms with E-state index >= 15 is 0 Å². The van der Waals surface area contributed by atoms with E-state index in [0.29, 0.717) is 12.6 Å². The van der Waals surface area contributed by atoms with Gasteiger partial charge in [-0.25, -0.2) is 9.48 Å². The molecule has 2 rings (SSSR count). The molecule has 1 heterocycles.